The molecule has 0 heteroatoms. The average molecular weight is 735 g/mol. The van der Waals surface area contributed by atoms with Gasteiger partial charge in [-0.15, -0.1) is 0 Å². The van der Waals surface area contributed by atoms with Gasteiger partial charge in [-0.2, -0.15) is 0 Å². The Hall–Kier alpha value is -7.28. The highest BCUT2D eigenvalue weighted by Crippen LogP contribution is 2.67. The van der Waals surface area contributed by atoms with E-state index in [1.165, 1.54) is 100 Å². The summed E-state index contributed by atoms with van der Waals surface area (Å²) in [4.78, 5) is 0. The summed E-state index contributed by atoms with van der Waals surface area (Å²) in [6.45, 7) is 0. The van der Waals surface area contributed by atoms with Gasteiger partial charge in [0.1, 0.15) is 0 Å². The van der Waals surface area contributed by atoms with E-state index in [4.69, 9.17) is 0 Å². The normalized spacial score (nSPS) is 14.1. The van der Waals surface area contributed by atoms with Gasteiger partial charge in [0.25, 0.3) is 0 Å². The molecule has 0 heterocycles. The fourth-order valence-corrected chi connectivity index (χ4v) is 10.9. The number of fused-ring (bicyclic) bond motifs is 16. The van der Waals surface area contributed by atoms with Crippen molar-refractivity contribution in [1.29, 1.82) is 0 Å². The zero-order chi connectivity index (χ0) is 38.3. The third-order valence-corrected chi connectivity index (χ3v) is 13.2. The minimum atomic E-state index is -0.504. The molecule has 0 N–H and O–H groups in total. The molecule has 270 valence electrons. The lowest BCUT2D eigenvalue weighted by Crippen LogP contribution is -2.43. The molecule has 0 saturated carbocycles. The van der Waals surface area contributed by atoms with Crippen molar-refractivity contribution in [1.82, 2.24) is 0 Å². The molecule has 0 amide bonds. The first kappa shape index (κ1) is 32.9. The van der Waals surface area contributed by atoms with Crippen LogP contribution in [-0.2, 0) is 10.8 Å². The Morgan fingerprint density at radius 1 is 0.276 bits per heavy atom. The largest absolute Gasteiger partial charge is 0.0720 e. The summed E-state index contributed by atoms with van der Waals surface area (Å²) in [7, 11) is 0. The second kappa shape index (κ2) is 12.6. The van der Waals surface area contributed by atoms with E-state index in [0.717, 1.165) is 0 Å². The highest BCUT2D eigenvalue weighted by molar-refractivity contribution is 5.95. The van der Waals surface area contributed by atoms with E-state index in [0.29, 0.717) is 0 Å². The van der Waals surface area contributed by atoms with Crippen LogP contribution in [-0.4, -0.2) is 0 Å². The van der Waals surface area contributed by atoms with Gasteiger partial charge in [0.15, 0.2) is 0 Å². The fourth-order valence-electron chi connectivity index (χ4n) is 10.9. The molecule has 0 aliphatic heterocycles. The third kappa shape index (κ3) is 4.40. The molecule has 0 unspecified atom stereocenters. The van der Waals surface area contributed by atoms with Gasteiger partial charge < -0.3 is 0 Å². The molecule has 0 atom stereocenters. The smallest absolute Gasteiger partial charge is 0.0622 e. The van der Waals surface area contributed by atoms with Crippen molar-refractivity contribution < 1.29 is 0 Å². The van der Waals surface area contributed by atoms with Crippen LogP contribution in [0, 0.1) is 0 Å². The van der Waals surface area contributed by atoms with E-state index in [-0.39, 0.29) is 0 Å². The quantitative estimate of drug-likeness (QED) is 0.158. The Morgan fingerprint density at radius 3 is 1.07 bits per heavy atom. The van der Waals surface area contributed by atoms with Gasteiger partial charge in [-0.1, -0.05) is 218 Å². The predicted molar refractivity (Wildman–Crippen MR) is 240 cm³/mol. The van der Waals surface area contributed by atoms with Crippen molar-refractivity contribution in [3.63, 3.8) is 0 Å². The minimum absolute atomic E-state index is 0.477. The van der Waals surface area contributed by atoms with Crippen molar-refractivity contribution in [2.24, 2.45) is 0 Å². The van der Waals surface area contributed by atoms with Gasteiger partial charge in [0.2, 0.25) is 0 Å². The first-order valence-electron chi connectivity index (χ1n) is 20.3. The lowest BCUT2D eigenvalue weighted by molar-refractivity contribution is 0.633. The van der Waals surface area contributed by atoms with Crippen molar-refractivity contribution >= 4 is 11.6 Å². The Labute approximate surface area is 340 Å². The summed E-state index contributed by atoms with van der Waals surface area (Å²) in [5.74, 6) is 0. The second-order valence-electron chi connectivity index (χ2n) is 15.9. The predicted octanol–water partition coefficient (Wildman–Crippen LogP) is 14.0. The van der Waals surface area contributed by atoms with Crippen LogP contribution in [0.4, 0.5) is 0 Å². The van der Waals surface area contributed by atoms with Crippen LogP contribution in [0.15, 0.2) is 224 Å². The van der Waals surface area contributed by atoms with Crippen LogP contribution < -0.4 is 0 Å². The Morgan fingerprint density at radius 2 is 0.621 bits per heavy atom. The molecular weight excluding hydrogens is 697 g/mol. The second-order valence-corrected chi connectivity index (χ2v) is 15.9. The molecule has 0 radical (unpaired) electrons. The third-order valence-electron chi connectivity index (χ3n) is 13.2. The van der Waals surface area contributed by atoms with Crippen LogP contribution in [0.3, 0.4) is 0 Å². The van der Waals surface area contributed by atoms with Crippen LogP contribution in [0.25, 0.3) is 45.0 Å². The molecule has 9 aromatic rings. The number of benzene rings is 9. The van der Waals surface area contributed by atoms with Gasteiger partial charge in [-0.05, 0) is 112 Å². The van der Waals surface area contributed by atoms with Gasteiger partial charge in [-0.3, -0.25) is 0 Å². The number of rotatable bonds is 4. The molecule has 12 rings (SSSR count). The first-order valence-corrected chi connectivity index (χ1v) is 20.3. The molecular formula is C58H38. The van der Waals surface area contributed by atoms with E-state index in [2.05, 4.69) is 231 Å². The Kier molecular flexibility index (Phi) is 7.16. The van der Waals surface area contributed by atoms with Gasteiger partial charge in [-0.25, -0.2) is 0 Å². The molecule has 0 bridgehead atoms. The maximum Gasteiger partial charge on any atom is 0.0720 e. The zero-order valence-electron chi connectivity index (χ0n) is 31.9. The molecule has 3 aliphatic carbocycles. The summed E-state index contributed by atoms with van der Waals surface area (Å²) in [6, 6.07) is 83.8. The summed E-state index contributed by atoms with van der Waals surface area (Å²) in [5, 5.41) is 0. The first-order chi connectivity index (χ1) is 28.8. The molecule has 2 spiro atoms. The molecule has 3 aliphatic rings. The monoisotopic (exact) mass is 734 g/mol. The van der Waals surface area contributed by atoms with Crippen LogP contribution in [0.5, 0.6) is 0 Å². The number of hydrogen-bond acceptors (Lipinski definition) is 0. The SMILES string of the molecule is C(=C(c1ccccc1)c1ccccc1)c1ccc(-c2ccc3c(c2)C2(c4ccccc4-c4ccccc42)c2ccccc2C32c3ccccc3-c3ccccc32)cc1. The van der Waals surface area contributed by atoms with Crippen LogP contribution >= 0.6 is 0 Å². The van der Waals surface area contributed by atoms with E-state index in [9.17, 15) is 0 Å². The summed E-state index contributed by atoms with van der Waals surface area (Å²) >= 11 is 0. The summed E-state index contributed by atoms with van der Waals surface area (Å²) < 4.78 is 0. The van der Waals surface area contributed by atoms with Gasteiger partial charge in [0.05, 0.1) is 10.8 Å². The molecule has 9 aromatic carbocycles. The zero-order valence-corrected chi connectivity index (χ0v) is 31.9. The maximum absolute atomic E-state index is 2.54. The molecule has 0 aromatic heterocycles. The van der Waals surface area contributed by atoms with Crippen LogP contribution in [0.1, 0.15) is 61.2 Å². The van der Waals surface area contributed by atoms with E-state index < -0.39 is 10.8 Å². The topological polar surface area (TPSA) is 0 Å². The van der Waals surface area contributed by atoms with Gasteiger partial charge in [0, 0.05) is 0 Å². The summed E-state index contributed by atoms with van der Waals surface area (Å²) in [6.07, 6.45) is 2.32. The van der Waals surface area contributed by atoms with Crippen molar-refractivity contribution in [3.8, 4) is 33.4 Å². The number of hydrogen-bond donors (Lipinski definition) is 0. The molecule has 0 nitrogen and oxygen atoms in total. The maximum atomic E-state index is 2.54. The highest BCUT2D eigenvalue weighted by Gasteiger charge is 2.58. The molecule has 0 saturated heterocycles. The van der Waals surface area contributed by atoms with Crippen molar-refractivity contribution in [2.45, 2.75) is 10.8 Å². The van der Waals surface area contributed by atoms with E-state index in [1.54, 1.807) is 0 Å². The van der Waals surface area contributed by atoms with E-state index in [1.807, 2.05) is 0 Å². The lowest BCUT2D eigenvalue weighted by Gasteiger charge is -2.49. The highest BCUT2D eigenvalue weighted by atomic mass is 14.6. The fraction of sp³-hybridized carbons (Fsp3) is 0.0345. The average Bonchev–Trinajstić information content (AvgIpc) is 3.77. The van der Waals surface area contributed by atoms with Crippen molar-refractivity contribution in [3.05, 3.63) is 286 Å². The summed E-state index contributed by atoms with van der Waals surface area (Å²) in [5.41, 5.74) is 22.4. The standard InChI is InChI=1S/C58H38/c1-3-17-41(18-4-1)48(42-19-5-2-6-20-42)37-39-31-33-40(34-32-39)43-35-36-55-56(38-43)58(51-27-13-9-23-46(51)47-24-10-14-28-52(47)58)54-30-16-15-29-53(54)57(55)49-25-11-7-21-44(49)45-22-8-12-26-50(45)57/h1-38H. The molecule has 58 heavy (non-hydrogen) atoms. The molecule has 0 fully saturated rings. The van der Waals surface area contributed by atoms with E-state index >= 15 is 0 Å². The Bertz CT molecular complexity index is 2960. The van der Waals surface area contributed by atoms with Crippen LogP contribution in [0.2, 0.25) is 0 Å². The van der Waals surface area contributed by atoms with Crippen molar-refractivity contribution in [2.75, 3.05) is 0 Å². The Balaban J connectivity index is 1.12. The lowest BCUT2D eigenvalue weighted by atomic mass is 9.52. The van der Waals surface area contributed by atoms with Gasteiger partial charge >= 0.3 is 0 Å². The minimum Gasteiger partial charge on any atom is -0.0622 e.